The Labute approximate surface area is 235 Å². The molecule has 216 valence electrons. The third-order valence-corrected chi connectivity index (χ3v) is 9.21. The molecule has 4 rings (SSSR count). The third kappa shape index (κ3) is 6.34. The van der Waals surface area contributed by atoms with Crippen LogP contribution in [0.15, 0.2) is 29.3 Å². The quantitative estimate of drug-likeness (QED) is 0.426. The average molecular weight is 540 g/mol. The molecular weight excluding hydrogens is 490 g/mol. The molecule has 1 N–H and O–H groups in total. The van der Waals surface area contributed by atoms with Gasteiger partial charge >= 0.3 is 5.97 Å². The topological polar surface area (TPSA) is 82.4 Å². The van der Waals surface area contributed by atoms with E-state index in [0.717, 1.165) is 63.5 Å². The van der Waals surface area contributed by atoms with Gasteiger partial charge in [-0.15, -0.1) is 0 Å². The molecule has 1 saturated carbocycles. The van der Waals surface area contributed by atoms with Gasteiger partial charge in [0.1, 0.15) is 5.66 Å². The number of methoxy groups -OCH3 is 1. The lowest BCUT2D eigenvalue weighted by atomic mass is 9.69. The van der Waals surface area contributed by atoms with Crippen LogP contribution < -0.4 is 0 Å². The maximum atomic E-state index is 14.5. The number of rotatable bonds is 7. The zero-order valence-electron chi connectivity index (χ0n) is 25.1. The molecule has 2 heterocycles. The van der Waals surface area contributed by atoms with E-state index in [4.69, 9.17) is 9.73 Å². The second kappa shape index (κ2) is 11.2. The minimum atomic E-state index is -0.939. The van der Waals surface area contributed by atoms with E-state index in [2.05, 4.69) is 51.3 Å². The molecule has 1 aromatic carbocycles. The van der Waals surface area contributed by atoms with Gasteiger partial charge in [0.05, 0.1) is 24.3 Å². The number of aromatic carboxylic acids is 1. The molecule has 0 aromatic heterocycles. The molecular formula is C32H49N3O4. The summed E-state index contributed by atoms with van der Waals surface area (Å²) in [4.78, 5) is 35.8. The molecule has 0 unspecified atom stereocenters. The van der Waals surface area contributed by atoms with Gasteiger partial charge < -0.3 is 19.6 Å². The van der Waals surface area contributed by atoms with Crippen LogP contribution >= 0.6 is 0 Å². The molecule has 2 fully saturated rings. The van der Waals surface area contributed by atoms with Crippen LogP contribution in [0.1, 0.15) is 115 Å². The summed E-state index contributed by atoms with van der Waals surface area (Å²) in [5.74, 6) is 0.279. The van der Waals surface area contributed by atoms with E-state index < -0.39 is 11.6 Å². The van der Waals surface area contributed by atoms with Gasteiger partial charge in [0.15, 0.2) is 5.84 Å². The molecule has 0 radical (unpaired) electrons. The van der Waals surface area contributed by atoms with Crippen LogP contribution in [0.5, 0.6) is 0 Å². The number of benzene rings is 1. The first-order chi connectivity index (χ1) is 18.3. The second-order valence-corrected chi connectivity index (χ2v) is 14.2. The van der Waals surface area contributed by atoms with Crippen molar-refractivity contribution in [3.05, 3.63) is 35.4 Å². The van der Waals surface area contributed by atoms with Crippen molar-refractivity contribution in [3.8, 4) is 0 Å². The van der Waals surface area contributed by atoms with Crippen molar-refractivity contribution in [3.63, 3.8) is 0 Å². The van der Waals surface area contributed by atoms with E-state index in [-0.39, 0.29) is 34.4 Å². The first-order valence-electron chi connectivity index (χ1n) is 14.8. The summed E-state index contributed by atoms with van der Waals surface area (Å²) < 4.78 is 5.52. The predicted octanol–water partition coefficient (Wildman–Crippen LogP) is 6.54. The summed E-state index contributed by atoms with van der Waals surface area (Å²) in [5.41, 5.74) is 1.00. The van der Waals surface area contributed by atoms with Crippen molar-refractivity contribution < 1.29 is 19.4 Å². The molecule has 1 aliphatic carbocycles. The summed E-state index contributed by atoms with van der Waals surface area (Å²) in [6, 6.07) is 7.14. The van der Waals surface area contributed by atoms with Gasteiger partial charge in [-0.2, -0.15) is 0 Å². The fourth-order valence-electron chi connectivity index (χ4n) is 6.86. The number of carboxylic acid groups (broad SMARTS) is 1. The first-order valence-corrected chi connectivity index (χ1v) is 14.8. The number of nitrogens with zero attached hydrogens (tertiary/aromatic N) is 3. The minimum absolute atomic E-state index is 0.0217. The van der Waals surface area contributed by atoms with Gasteiger partial charge in [0.2, 0.25) is 0 Å². The van der Waals surface area contributed by atoms with Gasteiger partial charge in [-0.05, 0) is 85.8 Å². The van der Waals surface area contributed by atoms with Crippen LogP contribution in [0.4, 0.5) is 0 Å². The molecule has 1 aromatic rings. The van der Waals surface area contributed by atoms with Crippen molar-refractivity contribution in [2.75, 3.05) is 20.3 Å². The van der Waals surface area contributed by atoms with E-state index in [1.807, 2.05) is 12.1 Å². The Morgan fingerprint density at radius 3 is 2.28 bits per heavy atom. The number of aliphatic imine (C=N–C) groups is 1. The van der Waals surface area contributed by atoms with Gasteiger partial charge in [0.25, 0.3) is 5.91 Å². The summed E-state index contributed by atoms with van der Waals surface area (Å²) in [6.07, 6.45) is 7.56. The van der Waals surface area contributed by atoms with E-state index in [1.54, 1.807) is 19.2 Å². The molecule has 0 bridgehead atoms. The Bertz CT molecular complexity index is 1060. The van der Waals surface area contributed by atoms with E-state index in [9.17, 15) is 14.7 Å². The number of amidine groups is 1. The van der Waals surface area contributed by atoms with Crippen LogP contribution in [0.3, 0.4) is 0 Å². The van der Waals surface area contributed by atoms with Gasteiger partial charge in [0, 0.05) is 13.7 Å². The maximum absolute atomic E-state index is 14.5. The highest BCUT2D eigenvalue weighted by Crippen LogP contribution is 2.50. The fraction of sp³-hybridized carbons (Fsp3) is 0.719. The van der Waals surface area contributed by atoms with Gasteiger partial charge in [-0.25, -0.2) is 9.79 Å². The Morgan fingerprint density at radius 1 is 1.10 bits per heavy atom. The van der Waals surface area contributed by atoms with E-state index >= 15 is 0 Å². The number of carbonyl (C=O) groups excluding carboxylic acids is 1. The molecule has 1 spiro atoms. The molecule has 7 heteroatoms. The van der Waals surface area contributed by atoms with Crippen molar-refractivity contribution in [1.29, 1.82) is 0 Å². The molecule has 39 heavy (non-hydrogen) atoms. The summed E-state index contributed by atoms with van der Waals surface area (Å²) in [5, 5.41) is 9.49. The van der Waals surface area contributed by atoms with Crippen molar-refractivity contribution >= 4 is 17.7 Å². The highest BCUT2D eigenvalue weighted by atomic mass is 16.5. The fourth-order valence-corrected chi connectivity index (χ4v) is 6.86. The average Bonchev–Trinajstić information content (AvgIpc) is 3.42. The minimum Gasteiger partial charge on any atom is -0.478 e. The molecule has 7 nitrogen and oxygen atoms in total. The zero-order chi connectivity index (χ0) is 28.6. The lowest BCUT2D eigenvalue weighted by molar-refractivity contribution is -0.134. The smallest absolute Gasteiger partial charge is 0.335 e. The number of likely N-dealkylation sites (tertiary alicyclic amines) is 1. The number of hydrogen-bond acceptors (Lipinski definition) is 5. The van der Waals surface area contributed by atoms with Crippen LogP contribution in [0.2, 0.25) is 0 Å². The lowest BCUT2D eigenvalue weighted by Gasteiger charge is -2.47. The zero-order valence-corrected chi connectivity index (χ0v) is 25.1. The van der Waals surface area contributed by atoms with Crippen molar-refractivity contribution in [2.45, 2.75) is 111 Å². The molecule has 1 amide bonds. The normalized spacial score (nSPS) is 26.8. The number of hydrogen-bond donors (Lipinski definition) is 1. The highest BCUT2D eigenvalue weighted by Gasteiger charge is 2.54. The Morgan fingerprint density at radius 2 is 1.74 bits per heavy atom. The van der Waals surface area contributed by atoms with Gasteiger partial charge in [-0.1, -0.05) is 53.7 Å². The van der Waals surface area contributed by atoms with Crippen molar-refractivity contribution in [1.82, 2.24) is 9.80 Å². The van der Waals surface area contributed by atoms with Crippen molar-refractivity contribution in [2.24, 2.45) is 21.7 Å². The van der Waals surface area contributed by atoms with E-state index in [1.165, 1.54) is 0 Å². The SMILES string of the molecule is COC[C@@H]1CCCN1C1=NC2(CCC(C(C)(C)C)CC2)N([C@H](CCC(C)(C)C)c2ccc(C(=O)O)cc2)C1=O. The summed E-state index contributed by atoms with van der Waals surface area (Å²) in [7, 11) is 1.72. The lowest BCUT2D eigenvalue weighted by Crippen LogP contribution is -2.52. The molecule has 3 aliphatic rings. The standard InChI is InChI=1S/C32H49N3O4/c1-30(2,3)17-16-26(22-10-12-23(13-11-22)29(37)38)35-28(36)27(34-20-8-9-25(34)21-39-7)33-32(35)18-14-24(15-19-32)31(4,5)6/h10-13,24-26H,8-9,14-21H2,1-7H3,(H,37,38)/t24?,25-,26+,32?/m0/s1. The second-order valence-electron chi connectivity index (χ2n) is 14.2. The number of amides is 1. The molecule has 2 atom stereocenters. The molecule has 2 aliphatic heterocycles. The Hall–Kier alpha value is -2.41. The summed E-state index contributed by atoms with van der Waals surface area (Å²) >= 11 is 0. The number of carboxylic acids is 1. The van der Waals surface area contributed by atoms with E-state index in [0.29, 0.717) is 18.4 Å². The Balaban J connectivity index is 1.76. The van der Waals surface area contributed by atoms with Crippen LogP contribution in [-0.2, 0) is 9.53 Å². The third-order valence-electron chi connectivity index (χ3n) is 9.21. The predicted molar refractivity (Wildman–Crippen MR) is 155 cm³/mol. The van der Waals surface area contributed by atoms with Crippen LogP contribution in [-0.4, -0.2) is 64.6 Å². The molecule has 1 saturated heterocycles. The summed E-state index contributed by atoms with van der Waals surface area (Å²) in [6.45, 7) is 15.1. The van der Waals surface area contributed by atoms with Crippen LogP contribution in [0, 0.1) is 16.7 Å². The largest absolute Gasteiger partial charge is 0.478 e. The van der Waals surface area contributed by atoms with Crippen LogP contribution in [0.25, 0.3) is 0 Å². The maximum Gasteiger partial charge on any atom is 0.335 e. The number of carbonyl (C=O) groups is 2. The Kier molecular flexibility index (Phi) is 8.51. The first kappa shape index (κ1) is 29.6. The number of ether oxygens (including phenoxy) is 1. The van der Waals surface area contributed by atoms with Gasteiger partial charge in [-0.3, -0.25) is 4.79 Å². The monoisotopic (exact) mass is 539 g/mol. The highest BCUT2D eigenvalue weighted by molar-refractivity contribution is 6.39.